The molecule has 0 aliphatic rings. The van der Waals surface area contributed by atoms with E-state index in [1.807, 2.05) is 0 Å². The average molecular weight is 284 g/mol. The van der Waals surface area contributed by atoms with Gasteiger partial charge in [0.25, 0.3) is 0 Å². The van der Waals surface area contributed by atoms with Crippen molar-refractivity contribution in [3.05, 3.63) is 0 Å². The maximum absolute atomic E-state index is 12.4. The lowest BCUT2D eigenvalue weighted by Gasteiger charge is -2.28. The summed E-state index contributed by atoms with van der Waals surface area (Å²) in [5.41, 5.74) is -0.266. The first-order valence-electron chi connectivity index (χ1n) is 8.63. The van der Waals surface area contributed by atoms with Gasteiger partial charge in [-0.25, -0.2) is 0 Å². The number of carbonyl (C=O) groups excluding carboxylic acids is 1. The van der Waals surface area contributed by atoms with Gasteiger partial charge in [0, 0.05) is 0 Å². The molecule has 0 spiro atoms. The van der Waals surface area contributed by atoms with E-state index >= 15 is 0 Å². The Morgan fingerprint density at radius 3 is 1.95 bits per heavy atom. The normalized spacial score (nSPS) is 14.3. The van der Waals surface area contributed by atoms with E-state index in [9.17, 15) is 4.79 Å². The molecular weight excluding hydrogens is 248 g/mol. The van der Waals surface area contributed by atoms with E-state index in [0.29, 0.717) is 12.5 Å². The number of carbonyl (C=O) groups is 1. The highest BCUT2D eigenvalue weighted by Crippen LogP contribution is 2.33. The summed E-state index contributed by atoms with van der Waals surface area (Å²) in [6, 6.07) is 0. The maximum atomic E-state index is 12.4. The zero-order chi connectivity index (χ0) is 15.4. The van der Waals surface area contributed by atoms with Crippen molar-refractivity contribution in [1.29, 1.82) is 0 Å². The molecule has 0 amide bonds. The lowest BCUT2D eigenvalue weighted by molar-refractivity contribution is -0.157. The van der Waals surface area contributed by atoms with E-state index in [4.69, 9.17) is 4.74 Å². The molecule has 2 nitrogen and oxygen atoms in total. The summed E-state index contributed by atoms with van der Waals surface area (Å²) in [4.78, 5) is 12.4. The van der Waals surface area contributed by atoms with Gasteiger partial charge in [-0.1, -0.05) is 72.6 Å². The summed E-state index contributed by atoms with van der Waals surface area (Å²) >= 11 is 0. The van der Waals surface area contributed by atoms with Gasteiger partial charge in [0.2, 0.25) is 0 Å². The van der Waals surface area contributed by atoms with Crippen molar-refractivity contribution in [1.82, 2.24) is 0 Å². The first-order chi connectivity index (χ1) is 9.46. The smallest absolute Gasteiger partial charge is 0.311 e. The summed E-state index contributed by atoms with van der Waals surface area (Å²) < 4.78 is 5.52. The fourth-order valence-electron chi connectivity index (χ4n) is 2.45. The Labute approximate surface area is 126 Å². The van der Waals surface area contributed by atoms with Gasteiger partial charge >= 0.3 is 5.97 Å². The summed E-state index contributed by atoms with van der Waals surface area (Å²) in [5, 5.41) is 0. The molecule has 0 heterocycles. The minimum atomic E-state index is -0.266. The van der Waals surface area contributed by atoms with E-state index in [0.717, 1.165) is 25.7 Å². The first-order valence-corrected chi connectivity index (χ1v) is 8.63. The van der Waals surface area contributed by atoms with Gasteiger partial charge in [0.1, 0.15) is 0 Å². The van der Waals surface area contributed by atoms with Gasteiger partial charge in [-0.15, -0.1) is 0 Å². The molecule has 0 aromatic carbocycles. The third-order valence-electron chi connectivity index (χ3n) is 3.95. The van der Waals surface area contributed by atoms with E-state index < -0.39 is 0 Å². The van der Waals surface area contributed by atoms with Crippen molar-refractivity contribution in [2.24, 2.45) is 11.3 Å². The van der Waals surface area contributed by atoms with Crippen LogP contribution in [0, 0.1) is 11.3 Å². The molecule has 0 saturated carbocycles. The number of esters is 1. The van der Waals surface area contributed by atoms with Crippen LogP contribution < -0.4 is 0 Å². The molecule has 0 aliphatic heterocycles. The van der Waals surface area contributed by atoms with Crippen molar-refractivity contribution < 1.29 is 9.53 Å². The van der Waals surface area contributed by atoms with Crippen LogP contribution in [0.2, 0.25) is 0 Å². The number of rotatable bonds is 12. The van der Waals surface area contributed by atoms with Gasteiger partial charge in [-0.2, -0.15) is 0 Å². The Balaban J connectivity index is 4.37. The third-order valence-corrected chi connectivity index (χ3v) is 3.95. The van der Waals surface area contributed by atoms with Crippen molar-refractivity contribution in [2.45, 2.75) is 92.4 Å². The second-order valence-corrected chi connectivity index (χ2v) is 6.82. The fourth-order valence-corrected chi connectivity index (χ4v) is 2.45. The molecule has 0 aromatic rings. The summed E-state index contributed by atoms with van der Waals surface area (Å²) in [5.74, 6) is 0.442. The van der Waals surface area contributed by atoms with Crippen LogP contribution in [-0.4, -0.2) is 12.6 Å². The molecular formula is C18H36O2. The Hall–Kier alpha value is -0.530. The van der Waals surface area contributed by atoms with Gasteiger partial charge < -0.3 is 4.74 Å². The lowest BCUT2D eigenvalue weighted by atomic mass is 9.80. The monoisotopic (exact) mass is 284 g/mol. The van der Waals surface area contributed by atoms with Gasteiger partial charge in [0.05, 0.1) is 12.0 Å². The minimum absolute atomic E-state index is 0.0267. The predicted octanol–water partition coefficient (Wildman–Crippen LogP) is 5.74. The Morgan fingerprint density at radius 2 is 1.45 bits per heavy atom. The van der Waals surface area contributed by atoms with Gasteiger partial charge in [-0.3, -0.25) is 4.79 Å². The second-order valence-electron chi connectivity index (χ2n) is 6.82. The van der Waals surface area contributed by atoms with Crippen LogP contribution in [0.15, 0.2) is 0 Å². The molecule has 0 rings (SSSR count). The van der Waals surface area contributed by atoms with E-state index in [1.54, 1.807) is 0 Å². The van der Waals surface area contributed by atoms with Crippen LogP contribution >= 0.6 is 0 Å². The predicted molar refractivity (Wildman–Crippen MR) is 86.8 cm³/mol. The number of ether oxygens (including phenoxy) is 1. The Bertz CT molecular complexity index is 248. The van der Waals surface area contributed by atoms with Crippen molar-refractivity contribution in [2.75, 3.05) is 6.61 Å². The lowest BCUT2D eigenvalue weighted by Crippen LogP contribution is -2.31. The molecule has 0 N–H and O–H groups in total. The zero-order valence-corrected chi connectivity index (χ0v) is 14.5. The standard InChI is InChI=1S/C18H36O2/c1-6-8-10-12-14-18(5,13-11-9-7-2)17(19)20-15-16(3)4/h16H,6-15H2,1-5H3. The molecule has 0 aromatic heterocycles. The van der Waals surface area contributed by atoms with E-state index in [-0.39, 0.29) is 11.4 Å². The highest BCUT2D eigenvalue weighted by atomic mass is 16.5. The topological polar surface area (TPSA) is 26.3 Å². The molecule has 0 saturated heterocycles. The molecule has 120 valence electrons. The fraction of sp³-hybridized carbons (Fsp3) is 0.944. The second kappa shape index (κ2) is 11.2. The summed E-state index contributed by atoms with van der Waals surface area (Å²) in [6.07, 6.45) is 10.4. The van der Waals surface area contributed by atoms with Crippen molar-refractivity contribution in [3.8, 4) is 0 Å². The average Bonchev–Trinajstić information content (AvgIpc) is 2.41. The van der Waals surface area contributed by atoms with Crippen molar-refractivity contribution >= 4 is 5.97 Å². The van der Waals surface area contributed by atoms with Crippen LogP contribution in [0.5, 0.6) is 0 Å². The number of hydrogen-bond acceptors (Lipinski definition) is 2. The van der Waals surface area contributed by atoms with Crippen LogP contribution in [0.3, 0.4) is 0 Å². The molecule has 1 atom stereocenters. The highest BCUT2D eigenvalue weighted by Gasteiger charge is 2.33. The summed E-state index contributed by atoms with van der Waals surface area (Å²) in [6.45, 7) is 11.3. The molecule has 0 radical (unpaired) electrons. The molecule has 0 bridgehead atoms. The largest absolute Gasteiger partial charge is 0.465 e. The molecule has 0 fully saturated rings. The Morgan fingerprint density at radius 1 is 0.950 bits per heavy atom. The first kappa shape index (κ1) is 19.5. The van der Waals surface area contributed by atoms with Gasteiger partial charge in [0.15, 0.2) is 0 Å². The quantitative estimate of drug-likeness (QED) is 0.337. The molecule has 2 heteroatoms. The van der Waals surface area contributed by atoms with Crippen LogP contribution in [0.4, 0.5) is 0 Å². The Kier molecular flexibility index (Phi) is 10.9. The van der Waals surface area contributed by atoms with Crippen LogP contribution in [0.1, 0.15) is 92.4 Å². The molecule has 20 heavy (non-hydrogen) atoms. The van der Waals surface area contributed by atoms with Crippen LogP contribution in [-0.2, 0) is 9.53 Å². The maximum Gasteiger partial charge on any atom is 0.311 e. The highest BCUT2D eigenvalue weighted by molar-refractivity contribution is 5.76. The van der Waals surface area contributed by atoms with E-state index in [2.05, 4.69) is 34.6 Å². The summed E-state index contributed by atoms with van der Waals surface area (Å²) in [7, 11) is 0. The zero-order valence-electron chi connectivity index (χ0n) is 14.5. The molecule has 0 aliphatic carbocycles. The SMILES string of the molecule is CCCCCCC(C)(CCCCC)C(=O)OCC(C)C. The van der Waals surface area contributed by atoms with Crippen LogP contribution in [0.25, 0.3) is 0 Å². The van der Waals surface area contributed by atoms with Gasteiger partial charge in [-0.05, 0) is 25.7 Å². The third kappa shape index (κ3) is 8.60. The minimum Gasteiger partial charge on any atom is -0.465 e. The number of unbranched alkanes of at least 4 members (excludes halogenated alkanes) is 5. The van der Waals surface area contributed by atoms with Crippen molar-refractivity contribution in [3.63, 3.8) is 0 Å². The number of hydrogen-bond donors (Lipinski definition) is 0. The van der Waals surface area contributed by atoms with E-state index in [1.165, 1.54) is 32.1 Å². The molecule has 1 unspecified atom stereocenters.